The van der Waals surface area contributed by atoms with Crippen molar-refractivity contribution in [3.05, 3.63) is 48.0 Å². The van der Waals surface area contributed by atoms with Crippen molar-refractivity contribution in [3.63, 3.8) is 0 Å². The van der Waals surface area contributed by atoms with Crippen LogP contribution in [0.15, 0.2) is 41.5 Å². The van der Waals surface area contributed by atoms with Crippen LogP contribution in [0.2, 0.25) is 0 Å². The number of nitrogens with zero attached hydrogens (tertiary/aromatic N) is 5. The van der Waals surface area contributed by atoms with E-state index in [2.05, 4.69) is 30.5 Å². The molecule has 0 atom stereocenters. The third kappa shape index (κ3) is 6.78. The minimum Gasteiger partial charge on any atom is -0.356 e. The van der Waals surface area contributed by atoms with Gasteiger partial charge in [-0.1, -0.05) is 0 Å². The Bertz CT molecular complexity index is 870. The molecule has 1 aliphatic rings. The summed E-state index contributed by atoms with van der Waals surface area (Å²) in [6, 6.07) is 8.40. The van der Waals surface area contributed by atoms with Crippen molar-refractivity contribution in [2.24, 2.45) is 4.99 Å². The first-order chi connectivity index (χ1) is 14.9. The lowest BCUT2D eigenvalue weighted by Gasteiger charge is -2.36. The third-order valence-corrected chi connectivity index (χ3v) is 5.10. The van der Waals surface area contributed by atoms with Gasteiger partial charge in [0.2, 0.25) is 5.91 Å². The number of carbonyl (C=O) groups is 1. The fourth-order valence-electron chi connectivity index (χ4n) is 3.56. The maximum absolute atomic E-state index is 13.1. The van der Waals surface area contributed by atoms with E-state index in [0.29, 0.717) is 13.1 Å². The molecule has 0 bridgehead atoms. The van der Waals surface area contributed by atoms with Crippen molar-refractivity contribution in [1.29, 1.82) is 0 Å². The van der Waals surface area contributed by atoms with Gasteiger partial charge < -0.3 is 15.5 Å². The number of rotatable bonds is 7. The van der Waals surface area contributed by atoms with E-state index in [9.17, 15) is 9.18 Å². The molecule has 2 aromatic rings. The summed E-state index contributed by atoms with van der Waals surface area (Å²) in [4.78, 5) is 20.7. The number of guanidine groups is 1. The number of aliphatic imine (C=N–C) groups is 1. The van der Waals surface area contributed by atoms with Gasteiger partial charge in [0.05, 0.1) is 17.9 Å². The number of carbonyl (C=O) groups excluding carboxylic acids is 1. The molecule has 8 nitrogen and oxygen atoms in total. The van der Waals surface area contributed by atoms with E-state index in [4.69, 9.17) is 0 Å². The Morgan fingerprint density at radius 2 is 1.87 bits per heavy atom. The molecule has 0 spiro atoms. The van der Waals surface area contributed by atoms with E-state index in [-0.39, 0.29) is 17.8 Å². The van der Waals surface area contributed by atoms with Crippen molar-refractivity contribution in [3.8, 4) is 5.69 Å². The Balaban J connectivity index is 1.42. The molecule has 1 aromatic carbocycles. The predicted molar refractivity (Wildman–Crippen MR) is 120 cm³/mol. The summed E-state index contributed by atoms with van der Waals surface area (Å²) >= 11 is 0. The molecule has 0 aliphatic carbocycles. The number of hydrogen-bond donors (Lipinski definition) is 2. The Morgan fingerprint density at radius 3 is 2.52 bits per heavy atom. The largest absolute Gasteiger partial charge is 0.356 e. The van der Waals surface area contributed by atoms with Crippen molar-refractivity contribution < 1.29 is 9.18 Å². The van der Waals surface area contributed by atoms with E-state index >= 15 is 0 Å². The van der Waals surface area contributed by atoms with Crippen LogP contribution in [0.1, 0.15) is 19.5 Å². The van der Waals surface area contributed by atoms with Crippen molar-refractivity contribution in [2.45, 2.75) is 26.3 Å². The van der Waals surface area contributed by atoms with Crippen LogP contribution < -0.4 is 10.6 Å². The molecule has 31 heavy (non-hydrogen) atoms. The Hall–Kier alpha value is -2.94. The smallest absolute Gasteiger partial charge is 0.234 e. The molecule has 1 aliphatic heterocycles. The molecule has 2 heterocycles. The molecule has 1 saturated heterocycles. The van der Waals surface area contributed by atoms with Crippen LogP contribution in [-0.4, -0.2) is 83.8 Å². The lowest BCUT2D eigenvalue weighted by atomic mass is 10.3. The third-order valence-electron chi connectivity index (χ3n) is 5.10. The quantitative estimate of drug-likeness (QED) is 0.512. The molecule has 1 fully saturated rings. The first-order valence-corrected chi connectivity index (χ1v) is 10.7. The molecule has 1 amide bonds. The SMILES string of the molecule is CN=C(NCCc1ccn(-c2ccc(F)cc2)n1)N1CCN(CC(=O)NC(C)C)CC1. The number of aromatic nitrogens is 2. The molecular weight excluding hydrogens is 397 g/mol. The average Bonchev–Trinajstić information content (AvgIpc) is 3.21. The highest BCUT2D eigenvalue weighted by Crippen LogP contribution is 2.09. The van der Waals surface area contributed by atoms with Gasteiger partial charge >= 0.3 is 0 Å². The monoisotopic (exact) mass is 429 g/mol. The summed E-state index contributed by atoms with van der Waals surface area (Å²) in [5.74, 6) is 0.682. The maximum Gasteiger partial charge on any atom is 0.234 e. The first-order valence-electron chi connectivity index (χ1n) is 10.7. The Kier molecular flexibility index (Phi) is 8.00. The highest BCUT2D eigenvalue weighted by Gasteiger charge is 2.21. The highest BCUT2D eigenvalue weighted by molar-refractivity contribution is 5.80. The van der Waals surface area contributed by atoms with Gasteiger partial charge in [-0.15, -0.1) is 0 Å². The number of halogens is 1. The van der Waals surface area contributed by atoms with E-state index < -0.39 is 0 Å². The normalized spacial score (nSPS) is 15.4. The zero-order valence-corrected chi connectivity index (χ0v) is 18.5. The van der Waals surface area contributed by atoms with E-state index in [0.717, 1.165) is 49.9 Å². The average molecular weight is 430 g/mol. The minimum absolute atomic E-state index is 0.0750. The second-order valence-corrected chi connectivity index (χ2v) is 7.94. The summed E-state index contributed by atoms with van der Waals surface area (Å²) < 4.78 is 14.8. The van der Waals surface area contributed by atoms with E-state index in [1.165, 1.54) is 12.1 Å². The number of amides is 1. The molecule has 0 radical (unpaired) electrons. The number of piperazine rings is 1. The van der Waals surface area contributed by atoms with Crippen molar-refractivity contribution in [2.75, 3.05) is 46.3 Å². The van der Waals surface area contributed by atoms with Crippen LogP contribution in [-0.2, 0) is 11.2 Å². The fourth-order valence-corrected chi connectivity index (χ4v) is 3.56. The van der Waals surface area contributed by atoms with Crippen LogP contribution in [0.3, 0.4) is 0 Å². The molecule has 2 N–H and O–H groups in total. The summed E-state index contributed by atoms with van der Waals surface area (Å²) in [5.41, 5.74) is 1.78. The Labute approximate surface area is 183 Å². The number of benzene rings is 1. The first kappa shape index (κ1) is 22.7. The topological polar surface area (TPSA) is 77.8 Å². The van der Waals surface area contributed by atoms with E-state index in [1.807, 2.05) is 26.1 Å². The Morgan fingerprint density at radius 1 is 1.16 bits per heavy atom. The van der Waals surface area contributed by atoms with Crippen LogP contribution in [0.5, 0.6) is 0 Å². The fraction of sp³-hybridized carbons (Fsp3) is 0.500. The van der Waals surface area contributed by atoms with Gasteiger partial charge in [0.1, 0.15) is 5.82 Å². The molecule has 0 unspecified atom stereocenters. The highest BCUT2D eigenvalue weighted by atomic mass is 19.1. The summed E-state index contributed by atoms with van der Waals surface area (Å²) in [5, 5.41) is 10.9. The van der Waals surface area contributed by atoms with Gasteiger partial charge in [0.25, 0.3) is 0 Å². The predicted octanol–water partition coefficient (Wildman–Crippen LogP) is 1.27. The summed E-state index contributed by atoms with van der Waals surface area (Å²) in [7, 11) is 1.79. The number of hydrogen-bond acceptors (Lipinski definition) is 4. The second-order valence-electron chi connectivity index (χ2n) is 7.94. The van der Waals surface area contributed by atoms with Crippen LogP contribution in [0.4, 0.5) is 4.39 Å². The lowest BCUT2D eigenvalue weighted by Crippen LogP contribution is -2.54. The van der Waals surface area contributed by atoms with Gasteiger partial charge in [-0.05, 0) is 44.2 Å². The molecule has 168 valence electrons. The molecular formula is C22H32FN7O. The molecule has 0 saturated carbocycles. The van der Waals surface area contributed by atoms with Gasteiger partial charge in [0, 0.05) is 58.4 Å². The van der Waals surface area contributed by atoms with Gasteiger partial charge in [-0.3, -0.25) is 14.7 Å². The molecule has 9 heteroatoms. The van der Waals surface area contributed by atoms with Crippen LogP contribution in [0, 0.1) is 5.82 Å². The van der Waals surface area contributed by atoms with Gasteiger partial charge in [-0.2, -0.15) is 5.10 Å². The van der Waals surface area contributed by atoms with Crippen molar-refractivity contribution >= 4 is 11.9 Å². The summed E-state index contributed by atoms with van der Waals surface area (Å²) in [6.45, 7) is 8.40. The molecule has 3 rings (SSSR count). The molecule has 1 aromatic heterocycles. The van der Waals surface area contributed by atoms with Crippen LogP contribution >= 0.6 is 0 Å². The van der Waals surface area contributed by atoms with Gasteiger partial charge in [-0.25, -0.2) is 9.07 Å². The second kappa shape index (κ2) is 10.9. The zero-order valence-electron chi connectivity index (χ0n) is 18.5. The summed E-state index contributed by atoms with van der Waals surface area (Å²) in [6.07, 6.45) is 2.63. The lowest BCUT2D eigenvalue weighted by molar-refractivity contribution is -0.123. The minimum atomic E-state index is -0.258. The van der Waals surface area contributed by atoms with Crippen LogP contribution in [0.25, 0.3) is 5.69 Å². The van der Waals surface area contributed by atoms with Gasteiger partial charge in [0.15, 0.2) is 5.96 Å². The zero-order chi connectivity index (χ0) is 22.2. The standard InChI is InChI=1S/C22H32FN7O/c1-17(2)26-21(31)16-28-12-14-29(15-13-28)22(24-3)25-10-8-19-9-11-30(27-19)20-6-4-18(23)5-7-20/h4-7,9,11,17H,8,10,12-16H2,1-3H3,(H,24,25)(H,26,31). The maximum atomic E-state index is 13.1. The number of nitrogens with one attached hydrogen (secondary N) is 2. The van der Waals surface area contributed by atoms with E-state index in [1.54, 1.807) is 23.9 Å². The van der Waals surface area contributed by atoms with Crippen molar-refractivity contribution in [1.82, 2.24) is 30.2 Å².